The Morgan fingerprint density at radius 2 is 1.78 bits per heavy atom. The zero-order valence-corrected chi connectivity index (χ0v) is 21.7. The van der Waals surface area contributed by atoms with Gasteiger partial charge in [-0.2, -0.15) is 0 Å². The molecule has 0 bridgehead atoms. The summed E-state index contributed by atoms with van der Waals surface area (Å²) >= 11 is 0. The number of nitrogens with zero attached hydrogens (tertiary/aromatic N) is 1. The van der Waals surface area contributed by atoms with Gasteiger partial charge in [-0.1, -0.05) is 26.0 Å². The normalized spacial score (nSPS) is 17.0. The number of benzene rings is 2. The van der Waals surface area contributed by atoms with E-state index in [0.717, 1.165) is 23.3 Å². The molecule has 0 aromatic heterocycles. The monoisotopic (exact) mass is 516 g/mol. The van der Waals surface area contributed by atoms with Crippen molar-refractivity contribution in [1.82, 2.24) is 10.2 Å². The summed E-state index contributed by atoms with van der Waals surface area (Å²) < 4.78 is 41.3. The van der Waals surface area contributed by atoms with Crippen LogP contribution in [0.3, 0.4) is 0 Å². The van der Waals surface area contributed by atoms with Gasteiger partial charge in [-0.25, -0.2) is 0 Å². The van der Waals surface area contributed by atoms with Crippen molar-refractivity contribution in [3.8, 4) is 17.2 Å². The number of ether oxygens (including phenoxy) is 3. The highest BCUT2D eigenvalue weighted by Crippen LogP contribution is 2.41. The van der Waals surface area contributed by atoms with E-state index in [9.17, 15) is 18.4 Å². The number of amides is 2. The van der Waals surface area contributed by atoms with Gasteiger partial charge in [0.1, 0.15) is 5.75 Å². The van der Waals surface area contributed by atoms with Crippen LogP contribution in [0, 0.1) is 19.3 Å². The number of piperidine rings is 1. The zero-order chi connectivity index (χ0) is 26.8. The number of aryl methyl sites for hydroxylation is 2. The highest BCUT2D eigenvalue weighted by atomic mass is 19.3. The largest absolute Gasteiger partial charge is 0.586 e. The molecule has 0 unspecified atom stereocenters. The molecule has 0 saturated carbocycles. The molecule has 2 aliphatic rings. The molecular weight excluding hydrogens is 482 g/mol. The number of halogens is 2. The number of rotatable bonds is 8. The van der Waals surface area contributed by atoms with Gasteiger partial charge >= 0.3 is 6.29 Å². The Balaban J connectivity index is 1.21. The van der Waals surface area contributed by atoms with Gasteiger partial charge in [-0.3, -0.25) is 9.59 Å². The van der Waals surface area contributed by atoms with Gasteiger partial charge in [0.15, 0.2) is 11.5 Å². The lowest BCUT2D eigenvalue weighted by Crippen LogP contribution is -2.49. The third kappa shape index (κ3) is 6.50. The summed E-state index contributed by atoms with van der Waals surface area (Å²) in [6.07, 6.45) is -1.05. The average molecular weight is 517 g/mol. The molecule has 0 atom stereocenters. The Kier molecular flexibility index (Phi) is 7.62. The summed E-state index contributed by atoms with van der Waals surface area (Å²) in [5, 5.41) is 3.14. The van der Waals surface area contributed by atoms with Crippen molar-refractivity contribution in [2.75, 3.05) is 19.7 Å². The van der Waals surface area contributed by atoms with Gasteiger partial charge in [-0.15, -0.1) is 8.78 Å². The van der Waals surface area contributed by atoms with Crippen LogP contribution in [-0.2, 0) is 4.79 Å². The molecule has 200 valence electrons. The molecule has 9 heteroatoms. The first-order valence-electron chi connectivity index (χ1n) is 12.6. The van der Waals surface area contributed by atoms with Crippen molar-refractivity contribution >= 4 is 11.8 Å². The second-order valence-corrected chi connectivity index (χ2v) is 10.5. The Morgan fingerprint density at radius 3 is 2.51 bits per heavy atom. The lowest BCUT2D eigenvalue weighted by Gasteiger charge is -2.34. The number of carbonyl (C=O) groups is 2. The quantitative estimate of drug-likeness (QED) is 0.486. The molecular formula is C28H34F2N2O5. The van der Waals surface area contributed by atoms with E-state index in [-0.39, 0.29) is 34.9 Å². The van der Waals surface area contributed by atoms with Crippen LogP contribution in [0.2, 0.25) is 0 Å². The minimum Gasteiger partial charge on any atom is -0.493 e. The van der Waals surface area contributed by atoms with E-state index >= 15 is 0 Å². The number of hydrogen-bond donors (Lipinski definition) is 1. The second-order valence-electron chi connectivity index (χ2n) is 10.5. The highest BCUT2D eigenvalue weighted by Gasteiger charge is 2.43. The van der Waals surface area contributed by atoms with Crippen molar-refractivity contribution in [2.24, 2.45) is 5.41 Å². The number of alkyl halides is 2. The lowest BCUT2D eigenvalue weighted by molar-refractivity contribution is -0.286. The summed E-state index contributed by atoms with van der Waals surface area (Å²) in [6.45, 7) is 9.36. The number of fused-ring (bicyclic) bond motifs is 1. The molecule has 2 heterocycles. The maximum absolute atomic E-state index is 13.3. The number of nitrogens with one attached hydrogen (secondary N) is 1. The van der Waals surface area contributed by atoms with Crippen molar-refractivity contribution in [3.63, 3.8) is 0 Å². The SMILES string of the molecule is Cc1ccc(C)c(OCCCC(C)(C)C(=O)NC2CCN(C(=O)c3ccc4c(c3)OC(F)(F)O4)CC2)c1. The van der Waals surface area contributed by atoms with E-state index in [1.807, 2.05) is 39.8 Å². The van der Waals surface area contributed by atoms with Gasteiger partial charge in [0.2, 0.25) is 5.91 Å². The Bertz CT molecular complexity index is 1160. The first-order valence-corrected chi connectivity index (χ1v) is 12.6. The molecule has 0 aliphatic carbocycles. The van der Waals surface area contributed by atoms with Crippen LogP contribution in [0.1, 0.15) is 61.0 Å². The molecule has 2 aromatic carbocycles. The van der Waals surface area contributed by atoms with Crippen molar-refractivity contribution in [2.45, 2.75) is 65.7 Å². The van der Waals surface area contributed by atoms with Crippen LogP contribution in [0.5, 0.6) is 17.2 Å². The van der Waals surface area contributed by atoms with Crippen LogP contribution >= 0.6 is 0 Å². The van der Waals surface area contributed by atoms with E-state index in [1.54, 1.807) is 4.90 Å². The van der Waals surface area contributed by atoms with E-state index < -0.39 is 11.7 Å². The highest BCUT2D eigenvalue weighted by molar-refractivity contribution is 5.95. The third-order valence-electron chi connectivity index (χ3n) is 6.93. The summed E-state index contributed by atoms with van der Waals surface area (Å²) in [6, 6.07) is 10.1. The van der Waals surface area contributed by atoms with Crippen molar-refractivity contribution in [1.29, 1.82) is 0 Å². The zero-order valence-electron chi connectivity index (χ0n) is 21.7. The summed E-state index contributed by atoms with van der Waals surface area (Å²) in [7, 11) is 0. The molecule has 4 rings (SSSR count). The van der Waals surface area contributed by atoms with E-state index in [0.29, 0.717) is 39.0 Å². The van der Waals surface area contributed by atoms with E-state index in [2.05, 4.69) is 20.9 Å². The summed E-state index contributed by atoms with van der Waals surface area (Å²) in [5.74, 6) is 0.348. The first-order chi connectivity index (χ1) is 17.4. The van der Waals surface area contributed by atoms with Crippen LogP contribution in [0.4, 0.5) is 8.78 Å². The fraction of sp³-hybridized carbons (Fsp3) is 0.500. The summed E-state index contributed by atoms with van der Waals surface area (Å²) in [5.41, 5.74) is 1.94. The first kappa shape index (κ1) is 26.7. The molecule has 0 radical (unpaired) electrons. The molecule has 1 saturated heterocycles. The maximum Gasteiger partial charge on any atom is 0.586 e. The third-order valence-corrected chi connectivity index (χ3v) is 6.93. The van der Waals surface area contributed by atoms with Crippen molar-refractivity contribution in [3.05, 3.63) is 53.1 Å². The Hall–Kier alpha value is -3.36. The van der Waals surface area contributed by atoms with Gasteiger partial charge in [-0.05, 0) is 74.9 Å². The van der Waals surface area contributed by atoms with Crippen LogP contribution < -0.4 is 19.5 Å². The molecule has 7 nitrogen and oxygen atoms in total. The second kappa shape index (κ2) is 10.6. The average Bonchev–Trinajstić information content (AvgIpc) is 3.16. The number of carbonyl (C=O) groups excluding carboxylic acids is 2. The molecule has 1 fully saturated rings. The Morgan fingerprint density at radius 1 is 1.08 bits per heavy atom. The topological polar surface area (TPSA) is 77.1 Å². The molecule has 37 heavy (non-hydrogen) atoms. The standard InChI is InChI=1S/C28H34F2N2O5/c1-18-6-7-19(2)23(16-18)35-15-5-12-27(3,4)26(34)31-21-10-13-32(14-11-21)25(33)20-8-9-22-24(17-20)37-28(29,30)36-22/h6-9,16-17,21H,5,10-15H2,1-4H3,(H,31,34). The van der Waals surface area contributed by atoms with Crippen LogP contribution in [0.25, 0.3) is 0 Å². The molecule has 0 spiro atoms. The van der Waals surface area contributed by atoms with E-state index in [1.165, 1.54) is 18.2 Å². The van der Waals surface area contributed by atoms with Gasteiger partial charge < -0.3 is 24.4 Å². The van der Waals surface area contributed by atoms with E-state index in [4.69, 9.17) is 4.74 Å². The number of hydrogen-bond acceptors (Lipinski definition) is 5. The molecule has 2 aromatic rings. The summed E-state index contributed by atoms with van der Waals surface area (Å²) in [4.78, 5) is 27.5. The lowest BCUT2D eigenvalue weighted by atomic mass is 9.86. The molecule has 2 aliphatic heterocycles. The maximum atomic E-state index is 13.3. The predicted octanol–water partition coefficient (Wildman–Crippen LogP) is 5.23. The number of likely N-dealkylation sites (tertiary alicyclic amines) is 1. The smallest absolute Gasteiger partial charge is 0.493 e. The van der Waals surface area contributed by atoms with Crippen molar-refractivity contribution < 1.29 is 32.6 Å². The minimum absolute atomic E-state index is 0.0132. The van der Waals surface area contributed by atoms with Crippen LogP contribution in [0.15, 0.2) is 36.4 Å². The van der Waals surface area contributed by atoms with Gasteiger partial charge in [0.25, 0.3) is 5.91 Å². The van der Waals surface area contributed by atoms with Crippen LogP contribution in [-0.4, -0.2) is 48.7 Å². The predicted molar refractivity (Wildman–Crippen MR) is 134 cm³/mol. The van der Waals surface area contributed by atoms with Gasteiger partial charge in [0.05, 0.1) is 6.61 Å². The molecule has 2 amide bonds. The fourth-order valence-electron chi connectivity index (χ4n) is 4.54. The molecule has 1 N–H and O–H groups in total. The Labute approximate surface area is 216 Å². The fourth-order valence-corrected chi connectivity index (χ4v) is 4.54. The minimum atomic E-state index is -3.72. The van der Waals surface area contributed by atoms with Gasteiger partial charge in [0, 0.05) is 30.1 Å².